The van der Waals surface area contributed by atoms with E-state index in [1.807, 2.05) is 0 Å². The van der Waals surface area contributed by atoms with E-state index in [-0.39, 0.29) is 5.91 Å². The van der Waals surface area contributed by atoms with Crippen LogP contribution >= 0.6 is 0 Å². The van der Waals surface area contributed by atoms with Crippen molar-refractivity contribution in [3.63, 3.8) is 0 Å². The van der Waals surface area contributed by atoms with Crippen molar-refractivity contribution in [3.05, 3.63) is 35.4 Å². The minimum absolute atomic E-state index is 0.0255. The van der Waals surface area contributed by atoms with Crippen LogP contribution in [0.5, 0.6) is 0 Å². The molecule has 0 bridgehead atoms. The summed E-state index contributed by atoms with van der Waals surface area (Å²) in [6.07, 6.45) is 2.07. The van der Waals surface area contributed by atoms with Gasteiger partial charge in [-0.25, -0.2) is 8.78 Å². The molecule has 120 valence electrons. The molecule has 0 atom stereocenters. The lowest BCUT2D eigenvalue weighted by molar-refractivity contribution is -0.187. The molecule has 0 unspecified atom stereocenters. The quantitative estimate of drug-likeness (QED) is 0.859. The summed E-state index contributed by atoms with van der Waals surface area (Å²) in [4.78, 5) is 14.0. The second kappa shape index (κ2) is 6.30. The van der Waals surface area contributed by atoms with E-state index in [9.17, 15) is 13.6 Å². The summed E-state index contributed by atoms with van der Waals surface area (Å²) in [6.45, 7) is 2.45. The van der Waals surface area contributed by atoms with Gasteiger partial charge in [-0.15, -0.1) is 0 Å². The SMILES string of the molecule is O=C(CCc1ccc(F)c(F)c1)N1CCC2(CC1)OCCO2. The Morgan fingerprint density at radius 1 is 1.14 bits per heavy atom. The zero-order valence-corrected chi connectivity index (χ0v) is 12.3. The van der Waals surface area contributed by atoms with Gasteiger partial charge in [0.05, 0.1) is 13.2 Å². The summed E-state index contributed by atoms with van der Waals surface area (Å²) in [5.41, 5.74) is 0.628. The smallest absolute Gasteiger partial charge is 0.222 e. The largest absolute Gasteiger partial charge is 0.347 e. The predicted molar refractivity (Wildman–Crippen MR) is 75.1 cm³/mol. The van der Waals surface area contributed by atoms with Crippen LogP contribution < -0.4 is 0 Å². The van der Waals surface area contributed by atoms with E-state index in [1.165, 1.54) is 6.07 Å². The third-order valence-electron chi connectivity index (χ3n) is 4.30. The summed E-state index contributed by atoms with van der Waals surface area (Å²) in [5.74, 6) is -2.21. The van der Waals surface area contributed by atoms with Crippen LogP contribution in [0.15, 0.2) is 18.2 Å². The Kier molecular flexibility index (Phi) is 4.40. The molecule has 0 N–H and O–H groups in total. The molecule has 1 spiro atoms. The highest BCUT2D eigenvalue weighted by molar-refractivity contribution is 5.76. The van der Waals surface area contributed by atoms with Crippen LogP contribution in [0.25, 0.3) is 0 Å². The van der Waals surface area contributed by atoms with Gasteiger partial charge in [0, 0.05) is 32.4 Å². The van der Waals surface area contributed by atoms with Crippen molar-refractivity contribution >= 4 is 5.91 Å². The molecule has 0 saturated carbocycles. The van der Waals surface area contributed by atoms with E-state index in [0.717, 1.165) is 12.1 Å². The summed E-state index contributed by atoms with van der Waals surface area (Å²) >= 11 is 0. The monoisotopic (exact) mass is 311 g/mol. The van der Waals surface area contributed by atoms with Crippen molar-refractivity contribution in [1.29, 1.82) is 0 Å². The number of nitrogens with zero attached hydrogens (tertiary/aromatic N) is 1. The van der Waals surface area contributed by atoms with Crippen LogP contribution in [0.4, 0.5) is 8.78 Å². The Bertz CT molecular complexity index is 548. The van der Waals surface area contributed by atoms with E-state index in [1.54, 1.807) is 4.90 Å². The number of piperidine rings is 1. The zero-order chi connectivity index (χ0) is 15.6. The number of hydrogen-bond acceptors (Lipinski definition) is 3. The topological polar surface area (TPSA) is 38.8 Å². The first-order chi connectivity index (χ1) is 10.6. The molecule has 1 aromatic rings. The van der Waals surface area contributed by atoms with Crippen LogP contribution in [-0.4, -0.2) is 42.9 Å². The fourth-order valence-electron chi connectivity index (χ4n) is 2.99. The van der Waals surface area contributed by atoms with Gasteiger partial charge in [-0.3, -0.25) is 4.79 Å². The first kappa shape index (κ1) is 15.4. The lowest BCUT2D eigenvalue weighted by atomic mass is 10.0. The highest BCUT2D eigenvalue weighted by atomic mass is 19.2. The maximum Gasteiger partial charge on any atom is 0.222 e. The van der Waals surface area contributed by atoms with Crippen molar-refractivity contribution in [2.75, 3.05) is 26.3 Å². The highest BCUT2D eigenvalue weighted by Gasteiger charge is 2.40. The van der Waals surface area contributed by atoms with Gasteiger partial charge >= 0.3 is 0 Å². The summed E-state index contributed by atoms with van der Waals surface area (Å²) in [6, 6.07) is 3.75. The molecule has 22 heavy (non-hydrogen) atoms. The van der Waals surface area contributed by atoms with Crippen molar-refractivity contribution in [2.45, 2.75) is 31.5 Å². The van der Waals surface area contributed by atoms with Crippen LogP contribution in [0, 0.1) is 11.6 Å². The Balaban J connectivity index is 1.49. The number of rotatable bonds is 3. The van der Waals surface area contributed by atoms with E-state index in [2.05, 4.69) is 0 Å². The number of ether oxygens (including phenoxy) is 2. The number of carbonyl (C=O) groups excluding carboxylic acids is 1. The van der Waals surface area contributed by atoms with Crippen LogP contribution in [-0.2, 0) is 20.7 Å². The molecule has 6 heteroatoms. The van der Waals surface area contributed by atoms with E-state index in [4.69, 9.17) is 9.47 Å². The normalized spacial score (nSPS) is 20.5. The molecule has 1 aromatic carbocycles. The molecule has 2 fully saturated rings. The molecular weight excluding hydrogens is 292 g/mol. The molecule has 2 saturated heterocycles. The Morgan fingerprint density at radius 3 is 2.45 bits per heavy atom. The number of amides is 1. The van der Waals surface area contributed by atoms with Crippen molar-refractivity contribution in [3.8, 4) is 0 Å². The average molecular weight is 311 g/mol. The lowest BCUT2D eigenvalue weighted by Crippen LogP contribution is -2.47. The number of hydrogen-bond donors (Lipinski definition) is 0. The van der Waals surface area contributed by atoms with Gasteiger partial charge in [0.2, 0.25) is 5.91 Å². The molecule has 0 aliphatic carbocycles. The van der Waals surface area contributed by atoms with Crippen molar-refractivity contribution in [2.24, 2.45) is 0 Å². The minimum Gasteiger partial charge on any atom is -0.347 e. The number of likely N-dealkylation sites (tertiary alicyclic amines) is 1. The number of carbonyl (C=O) groups is 1. The second-order valence-electron chi connectivity index (χ2n) is 5.74. The van der Waals surface area contributed by atoms with Gasteiger partial charge in [0.15, 0.2) is 17.4 Å². The molecule has 4 nitrogen and oxygen atoms in total. The second-order valence-corrected chi connectivity index (χ2v) is 5.74. The number of aryl methyl sites for hydroxylation is 1. The molecule has 0 radical (unpaired) electrons. The zero-order valence-electron chi connectivity index (χ0n) is 12.3. The van der Waals surface area contributed by atoms with Crippen LogP contribution in [0.2, 0.25) is 0 Å². The van der Waals surface area contributed by atoms with E-state index < -0.39 is 17.4 Å². The fourth-order valence-corrected chi connectivity index (χ4v) is 2.99. The molecule has 3 rings (SSSR count). The Hall–Kier alpha value is -1.53. The summed E-state index contributed by atoms with van der Waals surface area (Å²) in [5, 5.41) is 0. The highest BCUT2D eigenvalue weighted by Crippen LogP contribution is 2.31. The third-order valence-corrected chi connectivity index (χ3v) is 4.30. The van der Waals surface area contributed by atoms with Crippen LogP contribution in [0.3, 0.4) is 0 Å². The van der Waals surface area contributed by atoms with E-state index >= 15 is 0 Å². The van der Waals surface area contributed by atoms with E-state index in [0.29, 0.717) is 57.6 Å². The van der Waals surface area contributed by atoms with Crippen molar-refractivity contribution in [1.82, 2.24) is 4.90 Å². The molecule has 1 amide bonds. The van der Waals surface area contributed by atoms with Gasteiger partial charge in [-0.2, -0.15) is 0 Å². The lowest BCUT2D eigenvalue weighted by Gasteiger charge is -2.37. The van der Waals surface area contributed by atoms with Crippen molar-refractivity contribution < 1.29 is 23.0 Å². The molecular formula is C16H19F2NO3. The average Bonchev–Trinajstić information content (AvgIpc) is 2.97. The minimum atomic E-state index is -0.875. The molecule has 2 aliphatic rings. The first-order valence-electron chi connectivity index (χ1n) is 7.58. The molecule has 2 heterocycles. The fraction of sp³-hybridized carbons (Fsp3) is 0.562. The standard InChI is InChI=1S/C16H19F2NO3/c17-13-3-1-12(11-14(13)18)2-4-15(20)19-7-5-16(6-8-19)21-9-10-22-16/h1,3,11H,2,4-10H2. The number of benzene rings is 1. The summed E-state index contributed by atoms with van der Waals surface area (Å²) in [7, 11) is 0. The van der Waals surface area contributed by atoms with Gasteiger partial charge in [0.1, 0.15) is 0 Å². The van der Waals surface area contributed by atoms with Gasteiger partial charge < -0.3 is 14.4 Å². The molecule has 2 aliphatic heterocycles. The Morgan fingerprint density at radius 2 is 1.82 bits per heavy atom. The third kappa shape index (κ3) is 3.28. The Labute approximate surface area is 128 Å². The predicted octanol–water partition coefficient (Wildman–Crippen LogP) is 2.26. The van der Waals surface area contributed by atoms with Gasteiger partial charge in [0.25, 0.3) is 0 Å². The number of halogens is 2. The maximum absolute atomic E-state index is 13.1. The van der Waals surface area contributed by atoms with Gasteiger partial charge in [-0.1, -0.05) is 6.07 Å². The van der Waals surface area contributed by atoms with Crippen LogP contribution in [0.1, 0.15) is 24.8 Å². The molecule has 0 aromatic heterocycles. The first-order valence-corrected chi connectivity index (χ1v) is 7.58. The van der Waals surface area contributed by atoms with Gasteiger partial charge in [-0.05, 0) is 24.1 Å². The maximum atomic E-state index is 13.1. The summed E-state index contributed by atoms with van der Waals surface area (Å²) < 4.78 is 37.2.